The van der Waals surface area contributed by atoms with Gasteiger partial charge in [0, 0.05) is 51.3 Å². The molecular formula is C70H70N4O. The average molecular weight is 983 g/mol. The summed E-state index contributed by atoms with van der Waals surface area (Å²) in [4.78, 5) is 9.96. The molecule has 10 aromatic rings. The summed E-state index contributed by atoms with van der Waals surface area (Å²) in [5.41, 5.74) is 17.6. The van der Waals surface area contributed by atoms with Crippen LogP contribution in [0, 0.1) is 0 Å². The molecule has 2 aromatic heterocycles. The van der Waals surface area contributed by atoms with E-state index in [-0.39, 0.29) is 16.2 Å². The Kier molecular flexibility index (Phi) is 12.6. The Labute approximate surface area is 445 Å². The summed E-state index contributed by atoms with van der Waals surface area (Å²) in [5, 5.41) is 2.34. The fourth-order valence-corrected chi connectivity index (χ4v) is 11.4. The highest BCUT2D eigenvalue weighted by molar-refractivity contribution is 6.09. The maximum absolute atomic E-state index is 7.23. The standard InChI is InChI=1S/C70H70N4O/c1-46(2)58-28-22-29-59(47(3)4)67(58)48-37-54(43-57(38-48)75-56-33-34-61-60-27-18-19-30-62(60)74(65(61)44-56)66-42-51(35-36-71-66)68(5,6)7)72-45-73(64-32-21-20-31-63(64)72)55-40-52(69(8,9)49-23-14-12-15-24-49)39-53(41-55)70(10,11)50-25-16-13-17-26-50/h12-44,46-47H,45H2,1-11H3. The number of rotatable bonds is 12. The molecule has 0 amide bonds. The number of hydrogen-bond donors (Lipinski definition) is 0. The van der Waals surface area contributed by atoms with Crippen LogP contribution in [0.5, 0.6) is 11.5 Å². The van der Waals surface area contributed by atoms with Crippen molar-refractivity contribution in [1.29, 1.82) is 0 Å². The summed E-state index contributed by atoms with van der Waals surface area (Å²) < 4.78 is 9.52. The number of nitrogens with zero attached hydrogens (tertiary/aromatic N) is 4. The molecule has 5 nitrogen and oxygen atoms in total. The van der Waals surface area contributed by atoms with Crippen LogP contribution in [0.4, 0.5) is 22.7 Å². The molecule has 3 heterocycles. The van der Waals surface area contributed by atoms with Gasteiger partial charge in [-0.1, -0.05) is 191 Å². The molecule has 75 heavy (non-hydrogen) atoms. The van der Waals surface area contributed by atoms with Crippen LogP contribution in [0.3, 0.4) is 0 Å². The summed E-state index contributed by atoms with van der Waals surface area (Å²) >= 11 is 0. The summed E-state index contributed by atoms with van der Waals surface area (Å²) in [7, 11) is 0. The average Bonchev–Trinajstić information content (AvgIpc) is 3.97. The van der Waals surface area contributed by atoms with E-state index in [9.17, 15) is 0 Å². The molecule has 0 atom stereocenters. The lowest BCUT2D eigenvalue weighted by molar-refractivity contribution is 0.483. The first-order chi connectivity index (χ1) is 36.0. The molecule has 0 saturated carbocycles. The van der Waals surface area contributed by atoms with E-state index in [1.807, 2.05) is 6.20 Å². The fourth-order valence-electron chi connectivity index (χ4n) is 11.4. The number of pyridine rings is 1. The van der Waals surface area contributed by atoms with E-state index in [2.05, 4.69) is 285 Å². The highest BCUT2D eigenvalue weighted by Gasteiger charge is 2.34. The van der Waals surface area contributed by atoms with Crippen molar-refractivity contribution in [3.8, 4) is 28.4 Å². The van der Waals surface area contributed by atoms with Gasteiger partial charge in [-0.25, -0.2) is 4.98 Å². The Balaban J connectivity index is 1.07. The van der Waals surface area contributed by atoms with Gasteiger partial charge in [-0.2, -0.15) is 0 Å². The van der Waals surface area contributed by atoms with E-state index in [0.717, 1.165) is 62.0 Å². The molecule has 0 aliphatic carbocycles. The summed E-state index contributed by atoms with van der Waals surface area (Å²) in [6.45, 7) is 26.0. The zero-order chi connectivity index (χ0) is 52.4. The maximum Gasteiger partial charge on any atom is 0.137 e. The molecular weight excluding hydrogens is 913 g/mol. The molecule has 0 fully saturated rings. The number of aromatic nitrogens is 2. The molecule has 1 aliphatic rings. The Morgan fingerprint density at radius 3 is 1.57 bits per heavy atom. The fraction of sp³-hybridized carbons (Fsp3) is 0.243. The zero-order valence-corrected chi connectivity index (χ0v) is 45.6. The van der Waals surface area contributed by atoms with Crippen molar-refractivity contribution in [2.75, 3.05) is 16.5 Å². The van der Waals surface area contributed by atoms with Gasteiger partial charge in [0.1, 0.15) is 24.0 Å². The topological polar surface area (TPSA) is 33.5 Å². The summed E-state index contributed by atoms with van der Waals surface area (Å²) in [6.07, 6.45) is 1.94. The third-order valence-corrected chi connectivity index (χ3v) is 16.0. The normalized spacial score (nSPS) is 13.1. The lowest BCUT2D eigenvalue weighted by atomic mass is 9.73. The second-order valence-corrected chi connectivity index (χ2v) is 23.4. The van der Waals surface area contributed by atoms with Crippen molar-refractivity contribution >= 4 is 44.6 Å². The van der Waals surface area contributed by atoms with Crippen LogP contribution in [0.15, 0.2) is 200 Å². The smallest absolute Gasteiger partial charge is 0.137 e. The number of anilines is 4. The lowest BCUT2D eigenvalue weighted by Crippen LogP contribution is -2.27. The monoisotopic (exact) mass is 983 g/mol. The van der Waals surface area contributed by atoms with Gasteiger partial charge in [-0.05, 0) is 134 Å². The van der Waals surface area contributed by atoms with Crippen molar-refractivity contribution in [1.82, 2.24) is 9.55 Å². The van der Waals surface area contributed by atoms with Crippen molar-refractivity contribution in [3.63, 3.8) is 0 Å². The van der Waals surface area contributed by atoms with Crippen molar-refractivity contribution in [3.05, 3.63) is 239 Å². The number of fused-ring (bicyclic) bond motifs is 4. The predicted octanol–water partition coefficient (Wildman–Crippen LogP) is 19.1. The molecule has 376 valence electrons. The van der Waals surface area contributed by atoms with Crippen LogP contribution in [-0.4, -0.2) is 16.2 Å². The Morgan fingerprint density at radius 2 is 0.987 bits per heavy atom. The second-order valence-electron chi connectivity index (χ2n) is 23.4. The van der Waals surface area contributed by atoms with Gasteiger partial charge in [-0.15, -0.1) is 0 Å². The first-order valence-corrected chi connectivity index (χ1v) is 26.8. The van der Waals surface area contributed by atoms with E-state index >= 15 is 0 Å². The van der Waals surface area contributed by atoms with Crippen LogP contribution in [0.1, 0.15) is 127 Å². The molecule has 0 spiro atoms. The number of para-hydroxylation sites is 3. The molecule has 8 aromatic carbocycles. The first kappa shape index (κ1) is 49.3. The highest BCUT2D eigenvalue weighted by Crippen LogP contribution is 2.50. The summed E-state index contributed by atoms with van der Waals surface area (Å²) in [5.74, 6) is 3.05. The molecule has 0 saturated heterocycles. The van der Waals surface area contributed by atoms with Crippen LogP contribution in [0.25, 0.3) is 38.8 Å². The predicted molar refractivity (Wildman–Crippen MR) is 317 cm³/mol. The van der Waals surface area contributed by atoms with Crippen LogP contribution < -0.4 is 14.5 Å². The first-order valence-electron chi connectivity index (χ1n) is 26.8. The van der Waals surface area contributed by atoms with Crippen molar-refractivity contribution in [2.45, 2.75) is 104 Å². The molecule has 0 bridgehead atoms. The minimum absolute atomic E-state index is 0.0322. The van der Waals surface area contributed by atoms with E-state index in [1.165, 1.54) is 49.9 Å². The summed E-state index contributed by atoms with van der Waals surface area (Å²) in [6, 6.07) is 71.3. The number of ether oxygens (including phenoxy) is 1. The molecule has 0 unspecified atom stereocenters. The Hall–Kier alpha value is -7.89. The molecule has 11 rings (SSSR count). The van der Waals surface area contributed by atoms with Gasteiger partial charge in [0.15, 0.2) is 0 Å². The lowest BCUT2D eigenvalue weighted by Gasteiger charge is -2.33. The van der Waals surface area contributed by atoms with Gasteiger partial charge in [-0.3, -0.25) is 4.57 Å². The molecule has 1 aliphatic heterocycles. The quantitative estimate of drug-likeness (QED) is 0.122. The van der Waals surface area contributed by atoms with Gasteiger partial charge in [0.2, 0.25) is 0 Å². The second kappa shape index (κ2) is 19.1. The van der Waals surface area contributed by atoms with Gasteiger partial charge in [0.05, 0.1) is 22.4 Å². The minimum atomic E-state index is -0.263. The van der Waals surface area contributed by atoms with Crippen LogP contribution in [0.2, 0.25) is 0 Å². The maximum atomic E-state index is 7.23. The third kappa shape index (κ3) is 9.07. The number of benzene rings is 8. The molecule has 0 radical (unpaired) electrons. The molecule has 0 N–H and O–H groups in total. The van der Waals surface area contributed by atoms with Crippen LogP contribution in [-0.2, 0) is 16.2 Å². The van der Waals surface area contributed by atoms with E-state index < -0.39 is 0 Å². The highest BCUT2D eigenvalue weighted by atomic mass is 16.5. The largest absolute Gasteiger partial charge is 0.457 e. The van der Waals surface area contributed by atoms with Crippen molar-refractivity contribution < 1.29 is 4.74 Å². The SMILES string of the molecule is CC(C)c1cccc(C(C)C)c1-c1cc(Oc2ccc3c4ccccc4n(-c4cc(C(C)(C)C)ccn4)c3c2)cc(N2CN(c3cc(C(C)(C)c4ccccc4)cc(C(C)(C)c4ccccc4)c3)c3ccccc32)c1. The Morgan fingerprint density at radius 1 is 0.440 bits per heavy atom. The van der Waals surface area contributed by atoms with Crippen molar-refractivity contribution in [2.24, 2.45) is 0 Å². The third-order valence-electron chi connectivity index (χ3n) is 16.0. The van der Waals surface area contributed by atoms with E-state index in [1.54, 1.807) is 0 Å². The van der Waals surface area contributed by atoms with Gasteiger partial charge >= 0.3 is 0 Å². The Bertz CT molecular complexity index is 3630. The van der Waals surface area contributed by atoms with Gasteiger partial charge < -0.3 is 14.5 Å². The van der Waals surface area contributed by atoms with E-state index in [0.29, 0.717) is 18.5 Å². The number of hydrogen-bond acceptors (Lipinski definition) is 4. The molecule has 5 heteroatoms. The minimum Gasteiger partial charge on any atom is -0.457 e. The zero-order valence-electron chi connectivity index (χ0n) is 45.6. The van der Waals surface area contributed by atoms with Crippen LogP contribution >= 0.6 is 0 Å². The van der Waals surface area contributed by atoms with E-state index in [4.69, 9.17) is 9.72 Å². The van der Waals surface area contributed by atoms with Gasteiger partial charge in [0.25, 0.3) is 0 Å².